The number of rotatable bonds is 12. The van der Waals surface area contributed by atoms with Gasteiger partial charge in [-0.3, -0.25) is 14.4 Å². The predicted molar refractivity (Wildman–Crippen MR) is 138 cm³/mol. The van der Waals surface area contributed by atoms with Crippen molar-refractivity contribution < 1.29 is 24.3 Å². The number of carboxylic acids is 1. The summed E-state index contributed by atoms with van der Waals surface area (Å²) in [6.07, 6.45) is 3.10. The highest BCUT2D eigenvalue weighted by Crippen LogP contribution is 2.44. The van der Waals surface area contributed by atoms with E-state index < -0.39 is 28.7 Å². The molecule has 2 aliphatic rings. The molecule has 14 nitrogen and oxygen atoms in total. The molecule has 4 rings (SSSR count). The molecule has 0 aromatic carbocycles. The lowest BCUT2D eigenvalue weighted by Crippen LogP contribution is -2.74. The Kier molecular flexibility index (Phi) is 8.13. The Bertz CT molecular complexity index is 1250. The smallest absolute Gasteiger partial charge is 0.313 e. The molecule has 196 valence electrons. The van der Waals surface area contributed by atoms with Crippen molar-refractivity contribution >= 4 is 63.5 Å². The van der Waals surface area contributed by atoms with E-state index in [0.717, 1.165) is 11.3 Å². The Morgan fingerprint density at radius 2 is 2.24 bits per heavy atom. The van der Waals surface area contributed by atoms with Crippen molar-refractivity contribution in [1.82, 2.24) is 35.4 Å². The summed E-state index contributed by atoms with van der Waals surface area (Å²) in [7, 11) is 0. The van der Waals surface area contributed by atoms with Crippen molar-refractivity contribution in [3.8, 4) is 0 Å². The first kappa shape index (κ1) is 26.6. The zero-order valence-electron chi connectivity index (χ0n) is 19.3. The molecule has 4 N–H and O–H groups in total. The monoisotopic (exact) mass is 565 g/mol. The van der Waals surface area contributed by atoms with Crippen molar-refractivity contribution in [1.29, 1.82) is 0 Å². The number of β-lactam (4-membered cyclic amide) rings is 1. The van der Waals surface area contributed by atoms with Crippen LogP contribution >= 0.6 is 34.9 Å². The third-order valence-electron chi connectivity index (χ3n) is 5.49. The van der Waals surface area contributed by atoms with Crippen LogP contribution in [0, 0.1) is 5.41 Å². The van der Waals surface area contributed by atoms with E-state index in [4.69, 9.17) is 10.6 Å². The van der Waals surface area contributed by atoms with Gasteiger partial charge in [0, 0.05) is 23.4 Å². The summed E-state index contributed by atoms with van der Waals surface area (Å²) in [6, 6.07) is -0.850. The van der Waals surface area contributed by atoms with E-state index in [0.29, 0.717) is 11.7 Å². The second-order valence-corrected chi connectivity index (χ2v) is 11.0. The summed E-state index contributed by atoms with van der Waals surface area (Å²) in [5.41, 5.74) is 4.55. The van der Waals surface area contributed by atoms with Crippen LogP contribution in [0.4, 0.5) is 5.13 Å². The lowest BCUT2D eigenvalue weighted by atomic mass is 9.89. The van der Waals surface area contributed by atoms with Crippen LogP contribution in [0.25, 0.3) is 0 Å². The zero-order valence-corrected chi connectivity index (χ0v) is 21.8. The van der Waals surface area contributed by atoms with E-state index in [-0.39, 0.29) is 47.1 Å². The Balaban J connectivity index is 1.43. The summed E-state index contributed by atoms with van der Waals surface area (Å²) >= 11 is 3.63. The summed E-state index contributed by atoms with van der Waals surface area (Å²) in [4.78, 5) is 48.9. The van der Waals surface area contributed by atoms with Crippen LogP contribution in [0.1, 0.15) is 5.69 Å². The maximum Gasteiger partial charge on any atom is 0.313 e. The van der Waals surface area contributed by atoms with Gasteiger partial charge in [0.25, 0.3) is 5.91 Å². The summed E-state index contributed by atoms with van der Waals surface area (Å²) in [6.45, 7) is 7.63. The van der Waals surface area contributed by atoms with Crippen molar-refractivity contribution in [2.45, 2.75) is 23.1 Å². The van der Waals surface area contributed by atoms with Gasteiger partial charge in [0.05, 0.1) is 6.54 Å². The molecule has 2 saturated heterocycles. The van der Waals surface area contributed by atoms with E-state index in [9.17, 15) is 19.5 Å². The average molecular weight is 566 g/mol. The van der Waals surface area contributed by atoms with Crippen LogP contribution in [-0.2, 0) is 25.8 Å². The van der Waals surface area contributed by atoms with Crippen molar-refractivity contribution in [3.05, 3.63) is 36.4 Å². The van der Waals surface area contributed by atoms with Gasteiger partial charge in [-0.25, -0.2) is 9.67 Å². The molecule has 0 saturated carbocycles. The van der Waals surface area contributed by atoms with Gasteiger partial charge in [0.1, 0.15) is 29.1 Å². The van der Waals surface area contributed by atoms with Crippen molar-refractivity contribution in [3.63, 3.8) is 0 Å². The number of nitrogens with one attached hydrogen (secondary N) is 1. The van der Waals surface area contributed by atoms with Gasteiger partial charge in [-0.1, -0.05) is 35.6 Å². The number of thioether (sulfide) groups is 2. The van der Waals surface area contributed by atoms with Crippen molar-refractivity contribution in [2.75, 3.05) is 30.4 Å². The van der Waals surface area contributed by atoms with E-state index >= 15 is 0 Å². The number of fused-ring (bicyclic) bond motifs is 1. The number of anilines is 1. The number of nitrogen functional groups attached to an aromatic ring is 1. The Morgan fingerprint density at radius 3 is 2.92 bits per heavy atom. The summed E-state index contributed by atoms with van der Waals surface area (Å²) < 4.78 is 1.51. The molecule has 2 fully saturated rings. The number of carboxylic acid groups (broad SMARTS) is 1. The third kappa shape index (κ3) is 5.47. The molecule has 0 radical (unpaired) electrons. The fourth-order valence-corrected chi connectivity index (χ4v) is 6.91. The number of allylic oxidation sites excluding steroid dienone is 1. The van der Waals surface area contributed by atoms with Crippen LogP contribution in [0.5, 0.6) is 0 Å². The number of nitrogens with zero attached hydrogens (tertiary/aromatic N) is 7. The largest absolute Gasteiger partial charge is 0.481 e. The molecule has 2 unspecified atom stereocenters. The van der Waals surface area contributed by atoms with Gasteiger partial charge in [-0.05, 0) is 10.4 Å². The highest BCUT2D eigenvalue weighted by atomic mass is 32.2. The first-order valence-corrected chi connectivity index (χ1v) is 13.7. The number of hydrogen-bond acceptors (Lipinski definition) is 13. The normalized spacial score (nSPS) is 23.1. The second kappa shape index (κ2) is 11.3. The zero-order chi connectivity index (χ0) is 26.6. The molecule has 37 heavy (non-hydrogen) atoms. The lowest BCUT2D eigenvalue weighted by Gasteiger charge is -2.53. The van der Waals surface area contributed by atoms with Crippen LogP contribution in [0.15, 0.2) is 41.0 Å². The van der Waals surface area contributed by atoms with Crippen LogP contribution < -0.4 is 11.1 Å². The molecular weight excluding hydrogens is 542 g/mol. The quantitative estimate of drug-likeness (QED) is 0.0785. The van der Waals surface area contributed by atoms with Crippen LogP contribution in [0.2, 0.25) is 0 Å². The topological polar surface area (TPSA) is 191 Å². The number of amides is 2. The minimum atomic E-state index is -1.22. The van der Waals surface area contributed by atoms with E-state index in [1.54, 1.807) is 11.5 Å². The lowest BCUT2D eigenvalue weighted by molar-refractivity contribution is -0.157. The predicted octanol–water partition coefficient (Wildman–Crippen LogP) is 0.0677. The highest BCUT2D eigenvalue weighted by Gasteiger charge is 2.57. The number of aromatic nitrogens is 5. The maximum atomic E-state index is 13.0. The Morgan fingerprint density at radius 1 is 1.43 bits per heavy atom. The molecule has 0 aliphatic carbocycles. The van der Waals surface area contributed by atoms with Gasteiger partial charge in [0.2, 0.25) is 11.1 Å². The SMILES string of the molecule is C=CCON=C(C(=O)NC1C(=O)N2CC(CSc3nnnn3CC=C)(C(=O)O)CS[C@H]12)c1csc(N)n1. The standard InChI is InChI=1S/C20H23N9O5S3/c1-3-5-29-19(24-26-27-29)37-10-20(17(32)33)8-28-15(31)13(16(28)36-9-20)23-14(30)12(25-34-6-4-2)11-7-35-18(21)22-11/h3-4,7,13,16H,1-2,5-6,8-10H2,(H2,21,22)(H,23,30)(H,32,33)/t13?,16-,20?/m1/s1. The number of nitrogens with two attached hydrogens (primary N) is 1. The number of oxime groups is 1. The van der Waals surface area contributed by atoms with Crippen molar-refractivity contribution in [2.24, 2.45) is 10.6 Å². The van der Waals surface area contributed by atoms with Gasteiger partial charge in [-0.2, -0.15) is 0 Å². The fraction of sp³-hybridized carbons (Fsp3) is 0.400. The van der Waals surface area contributed by atoms with Gasteiger partial charge in [0.15, 0.2) is 10.8 Å². The Labute approximate surface area is 223 Å². The number of aliphatic carboxylic acids is 1. The number of tetrazole rings is 1. The highest BCUT2D eigenvalue weighted by molar-refractivity contribution is 8.00. The minimum Gasteiger partial charge on any atom is -0.481 e. The summed E-state index contributed by atoms with van der Waals surface area (Å²) in [5.74, 6) is -1.69. The molecule has 3 atom stereocenters. The molecule has 0 spiro atoms. The molecule has 2 aromatic rings. The molecule has 4 heterocycles. The Hall–Kier alpha value is -3.44. The van der Waals surface area contributed by atoms with E-state index in [1.165, 1.54) is 39.2 Å². The van der Waals surface area contributed by atoms with Gasteiger partial charge >= 0.3 is 5.97 Å². The molecular formula is C20H23N9O5S3. The molecule has 2 amide bonds. The average Bonchev–Trinajstić information content (AvgIpc) is 3.52. The van der Waals surface area contributed by atoms with Crippen LogP contribution in [-0.4, -0.2) is 94.8 Å². The third-order valence-corrected chi connectivity index (χ3v) is 9.00. The number of carbonyl (C=O) groups excluding carboxylic acids is 2. The van der Waals surface area contributed by atoms with E-state index in [2.05, 4.69) is 44.1 Å². The minimum absolute atomic E-state index is 0.00671. The summed E-state index contributed by atoms with van der Waals surface area (Å²) in [5, 5.41) is 29.8. The molecule has 2 aromatic heterocycles. The number of thiazole rings is 1. The van der Waals surface area contributed by atoms with Gasteiger partial charge < -0.3 is 25.9 Å². The molecule has 2 aliphatic heterocycles. The molecule has 0 bridgehead atoms. The van der Waals surface area contributed by atoms with Crippen LogP contribution in [0.3, 0.4) is 0 Å². The number of hydrogen-bond donors (Lipinski definition) is 3. The molecule has 17 heteroatoms. The van der Waals surface area contributed by atoms with E-state index in [1.807, 2.05) is 0 Å². The second-order valence-electron chi connectivity index (χ2n) is 8.02. The van der Waals surface area contributed by atoms with Gasteiger partial charge in [-0.15, -0.1) is 34.8 Å². The fourth-order valence-electron chi connectivity index (χ4n) is 3.61. The first-order valence-electron chi connectivity index (χ1n) is 10.8. The maximum absolute atomic E-state index is 13.0. The number of carbonyl (C=O) groups is 3. The first-order chi connectivity index (χ1) is 17.8.